The highest BCUT2D eigenvalue weighted by Crippen LogP contribution is 1.92. The van der Waals surface area contributed by atoms with E-state index in [9.17, 15) is 9.59 Å². The minimum atomic E-state index is -0.395. The fourth-order valence-electron chi connectivity index (χ4n) is 0.607. The Hall–Kier alpha value is -1.62. The molecule has 0 radical (unpaired) electrons. The van der Waals surface area contributed by atoms with Gasteiger partial charge in [0.15, 0.2) is 0 Å². The second kappa shape index (κ2) is 11.9. The van der Waals surface area contributed by atoms with E-state index in [0.717, 1.165) is 0 Å². The van der Waals surface area contributed by atoms with Gasteiger partial charge in [-0.25, -0.2) is 9.59 Å². The molecule has 0 aromatic heterocycles. The van der Waals surface area contributed by atoms with E-state index in [1.54, 1.807) is 20.8 Å². The monoisotopic (exact) mass is 258 g/mol. The maximum absolute atomic E-state index is 10.6. The first-order chi connectivity index (χ1) is 8.36. The number of carbonyl (C=O) groups is 2. The van der Waals surface area contributed by atoms with Crippen LogP contribution in [0, 0.1) is 0 Å². The van der Waals surface area contributed by atoms with Gasteiger partial charge in [-0.2, -0.15) is 0 Å². The molecule has 104 valence electrons. The number of hydrogen-bond donors (Lipinski definition) is 1. The quantitative estimate of drug-likeness (QED) is 0.445. The van der Waals surface area contributed by atoms with Crippen molar-refractivity contribution < 1.29 is 24.2 Å². The normalized spacial score (nSPS) is 8.67. The zero-order chi connectivity index (χ0) is 14.6. The zero-order valence-corrected chi connectivity index (χ0v) is 11.3. The molecule has 1 N–H and O–H groups in total. The second-order valence-electron chi connectivity index (χ2n) is 3.49. The average Bonchev–Trinajstić information content (AvgIpc) is 2.30. The summed E-state index contributed by atoms with van der Waals surface area (Å²) in [7, 11) is 0. The Balaban J connectivity index is 0. The molecule has 0 aliphatic rings. The SMILES string of the molecule is C=C(C)C(=O)OCC.C=C(C)C(=O)OCCCO. The number of aliphatic hydroxyl groups is 1. The number of aliphatic hydroxyl groups excluding tert-OH is 1. The van der Waals surface area contributed by atoms with Crippen molar-refractivity contribution in [2.24, 2.45) is 0 Å². The van der Waals surface area contributed by atoms with E-state index in [1.807, 2.05) is 0 Å². The van der Waals surface area contributed by atoms with Crippen LogP contribution in [0.5, 0.6) is 0 Å². The lowest BCUT2D eigenvalue weighted by atomic mass is 10.4. The largest absolute Gasteiger partial charge is 0.463 e. The van der Waals surface area contributed by atoms with Crippen LogP contribution in [0.25, 0.3) is 0 Å². The van der Waals surface area contributed by atoms with Crippen molar-refractivity contribution in [2.45, 2.75) is 27.2 Å². The van der Waals surface area contributed by atoms with Crippen molar-refractivity contribution in [3.8, 4) is 0 Å². The molecule has 0 bridgehead atoms. The van der Waals surface area contributed by atoms with Crippen molar-refractivity contribution in [2.75, 3.05) is 19.8 Å². The number of hydrogen-bond acceptors (Lipinski definition) is 5. The molecule has 0 heterocycles. The van der Waals surface area contributed by atoms with Crippen molar-refractivity contribution in [1.29, 1.82) is 0 Å². The molecule has 5 heteroatoms. The maximum atomic E-state index is 10.6. The van der Waals surface area contributed by atoms with Gasteiger partial charge in [-0.05, 0) is 20.8 Å². The predicted molar refractivity (Wildman–Crippen MR) is 68.9 cm³/mol. The fourth-order valence-corrected chi connectivity index (χ4v) is 0.607. The smallest absolute Gasteiger partial charge is 0.333 e. The van der Waals surface area contributed by atoms with Crippen LogP contribution >= 0.6 is 0 Å². The van der Waals surface area contributed by atoms with Gasteiger partial charge < -0.3 is 14.6 Å². The molecule has 18 heavy (non-hydrogen) atoms. The van der Waals surface area contributed by atoms with Crippen molar-refractivity contribution in [1.82, 2.24) is 0 Å². The number of esters is 2. The molecular formula is C13H22O5. The molecule has 0 aromatic rings. The molecule has 0 fully saturated rings. The van der Waals surface area contributed by atoms with Gasteiger partial charge in [0.1, 0.15) is 0 Å². The first kappa shape index (κ1) is 18.7. The standard InChI is InChI=1S/C7H12O3.C6H10O2/c1-6(2)7(9)10-5-3-4-8;1-4-8-6(7)5(2)3/h8H,1,3-5H2,2H3;2,4H2,1,3H3. The van der Waals surface area contributed by atoms with E-state index in [1.165, 1.54) is 0 Å². The summed E-state index contributed by atoms with van der Waals surface area (Å²) in [6.07, 6.45) is 0.485. The topological polar surface area (TPSA) is 72.8 Å². The van der Waals surface area contributed by atoms with Crippen LogP contribution in [0.2, 0.25) is 0 Å². The molecule has 0 spiro atoms. The molecule has 0 saturated carbocycles. The summed E-state index contributed by atoms with van der Waals surface area (Å²) >= 11 is 0. The van der Waals surface area contributed by atoms with Gasteiger partial charge in [0, 0.05) is 24.2 Å². The fraction of sp³-hybridized carbons (Fsp3) is 0.538. The minimum absolute atomic E-state index is 0.0451. The minimum Gasteiger partial charge on any atom is -0.463 e. The lowest BCUT2D eigenvalue weighted by Gasteiger charge is -2.00. The van der Waals surface area contributed by atoms with Crippen LogP contribution in [0.1, 0.15) is 27.2 Å². The van der Waals surface area contributed by atoms with E-state index in [-0.39, 0.29) is 19.2 Å². The first-order valence-electron chi connectivity index (χ1n) is 5.62. The first-order valence-corrected chi connectivity index (χ1v) is 5.62. The Morgan fingerprint density at radius 2 is 1.50 bits per heavy atom. The Bertz CT molecular complexity index is 294. The van der Waals surface area contributed by atoms with Crippen LogP contribution < -0.4 is 0 Å². The highest BCUT2D eigenvalue weighted by molar-refractivity contribution is 5.87. The summed E-state index contributed by atoms with van der Waals surface area (Å²) in [6, 6.07) is 0. The molecule has 0 aliphatic heterocycles. The molecule has 0 atom stereocenters. The van der Waals surface area contributed by atoms with E-state index in [0.29, 0.717) is 24.2 Å². The van der Waals surface area contributed by atoms with Gasteiger partial charge in [-0.3, -0.25) is 0 Å². The molecule has 5 nitrogen and oxygen atoms in total. The summed E-state index contributed by atoms with van der Waals surface area (Å²) in [6.45, 7) is 12.5. The summed E-state index contributed by atoms with van der Waals surface area (Å²) < 4.78 is 9.21. The second-order valence-corrected chi connectivity index (χ2v) is 3.49. The molecule has 0 aliphatic carbocycles. The zero-order valence-electron chi connectivity index (χ0n) is 11.3. The Kier molecular flexibility index (Phi) is 12.3. The van der Waals surface area contributed by atoms with E-state index >= 15 is 0 Å². The highest BCUT2D eigenvalue weighted by atomic mass is 16.5. The number of carbonyl (C=O) groups excluding carboxylic acids is 2. The van der Waals surface area contributed by atoms with Gasteiger partial charge in [-0.1, -0.05) is 13.2 Å². The van der Waals surface area contributed by atoms with E-state index in [2.05, 4.69) is 22.6 Å². The highest BCUT2D eigenvalue weighted by Gasteiger charge is 2.00. The lowest BCUT2D eigenvalue weighted by Crippen LogP contribution is -2.06. The molecule has 0 rings (SSSR count). The van der Waals surface area contributed by atoms with E-state index < -0.39 is 5.97 Å². The third-order valence-corrected chi connectivity index (χ3v) is 1.51. The van der Waals surface area contributed by atoms with Crippen LogP contribution in [-0.2, 0) is 19.1 Å². The van der Waals surface area contributed by atoms with Crippen molar-refractivity contribution in [3.63, 3.8) is 0 Å². The van der Waals surface area contributed by atoms with Gasteiger partial charge >= 0.3 is 11.9 Å². The third-order valence-electron chi connectivity index (χ3n) is 1.51. The molecule has 0 aromatic carbocycles. The number of rotatable bonds is 6. The molecule has 0 unspecified atom stereocenters. The van der Waals surface area contributed by atoms with Gasteiger partial charge in [0.25, 0.3) is 0 Å². The molecule has 0 amide bonds. The van der Waals surface area contributed by atoms with Gasteiger partial charge in [0.05, 0.1) is 13.2 Å². The van der Waals surface area contributed by atoms with Crippen LogP contribution in [0.15, 0.2) is 24.3 Å². The predicted octanol–water partition coefficient (Wildman–Crippen LogP) is 1.61. The summed E-state index contributed by atoms with van der Waals surface area (Å²) in [5.41, 5.74) is 0.838. The van der Waals surface area contributed by atoms with Gasteiger partial charge in [0.2, 0.25) is 0 Å². The molecular weight excluding hydrogens is 236 g/mol. The van der Waals surface area contributed by atoms with Gasteiger partial charge in [-0.15, -0.1) is 0 Å². The summed E-state index contributed by atoms with van der Waals surface area (Å²) in [5, 5.41) is 8.30. The lowest BCUT2D eigenvalue weighted by molar-refractivity contribution is -0.139. The Morgan fingerprint density at radius 1 is 1.06 bits per heavy atom. The van der Waals surface area contributed by atoms with Crippen molar-refractivity contribution in [3.05, 3.63) is 24.3 Å². The third kappa shape index (κ3) is 12.4. The van der Waals surface area contributed by atoms with E-state index in [4.69, 9.17) is 5.11 Å². The maximum Gasteiger partial charge on any atom is 0.333 e. The van der Waals surface area contributed by atoms with Crippen LogP contribution in [-0.4, -0.2) is 36.9 Å². The Morgan fingerprint density at radius 3 is 1.78 bits per heavy atom. The Labute approximate surface area is 108 Å². The van der Waals surface area contributed by atoms with Crippen LogP contribution in [0.4, 0.5) is 0 Å². The number of ether oxygens (including phenoxy) is 2. The molecule has 0 saturated heterocycles. The average molecular weight is 258 g/mol. The van der Waals surface area contributed by atoms with Crippen LogP contribution in [0.3, 0.4) is 0 Å². The van der Waals surface area contributed by atoms with Crippen molar-refractivity contribution >= 4 is 11.9 Å². The summed E-state index contributed by atoms with van der Waals surface area (Å²) in [4.78, 5) is 21.0. The summed E-state index contributed by atoms with van der Waals surface area (Å²) in [5.74, 6) is -0.707.